The zero-order chi connectivity index (χ0) is 14.1. The molecule has 0 bridgehead atoms. The lowest BCUT2D eigenvalue weighted by Crippen LogP contribution is -2.18. The lowest BCUT2D eigenvalue weighted by atomic mass is 10.2. The Hall–Kier alpha value is -0.190. The summed E-state index contributed by atoms with van der Waals surface area (Å²) in [7, 11) is 0. The smallest absolute Gasteiger partial charge is 0.111 e. The molecule has 1 fully saturated rings. The van der Waals surface area contributed by atoms with Crippen molar-refractivity contribution in [2.24, 2.45) is 0 Å². The van der Waals surface area contributed by atoms with Crippen molar-refractivity contribution in [1.29, 1.82) is 0 Å². The van der Waals surface area contributed by atoms with Crippen LogP contribution in [-0.2, 0) is 6.42 Å². The summed E-state index contributed by atoms with van der Waals surface area (Å²) in [5, 5.41) is 0.695. The van der Waals surface area contributed by atoms with Crippen LogP contribution in [0.2, 0.25) is 0 Å². The molecule has 20 heavy (non-hydrogen) atoms. The molecule has 0 spiro atoms. The van der Waals surface area contributed by atoms with Crippen molar-refractivity contribution in [2.75, 3.05) is 12.1 Å². The molecule has 1 saturated carbocycles. The van der Waals surface area contributed by atoms with Crippen molar-refractivity contribution < 1.29 is 0 Å². The first-order valence-electron chi connectivity index (χ1n) is 6.99. The van der Waals surface area contributed by atoms with E-state index in [2.05, 4.69) is 45.0 Å². The van der Waals surface area contributed by atoms with Crippen molar-refractivity contribution in [1.82, 2.24) is 9.55 Å². The molecule has 1 heterocycles. The topological polar surface area (TPSA) is 17.8 Å². The molecule has 2 nitrogen and oxygen atoms in total. The van der Waals surface area contributed by atoms with Gasteiger partial charge in [-0.25, -0.2) is 4.98 Å². The largest absolute Gasteiger partial charge is 0.324 e. The normalized spacial score (nSPS) is 22.8. The van der Waals surface area contributed by atoms with E-state index in [0.717, 1.165) is 22.2 Å². The molecule has 0 N–H and O–H groups in total. The van der Waals surface area contributed by atoms with E-state index in [9.17, 15) is 0 Å². The van der Waals surface area contributed by atoms with Gasteiger partial charge in [0.05, 0.1) is 11.0 Å². The van der Waals surface area contributed by atoms with E-state index in [-0.39, 0.29) is 0 Å². The SMILES string of the molecule is CSC1CCCC1n1c(CCCl)nc2ccc(Br)cc21. The van der Waals surface area contributed by atoms with Gasteiger partial charge in [-0.3, -0.25) is 0 Å². The number of rotatable bonds is 4. The molecule has 3 rings (SSSR count). The van der Waals surface area contributed by atoms with Gasteiger partial charge in [0.1, 0.15) is 5.82 Å². The Bertz CT molecular complexity index is 613. The van der Waals surface area contributed by atoms with Crippen molar-refractivity contribution >= 4 is 50.3 Å². The monoisotopic (exact) mass is 372 g/mol. The number of aryl methyl sites for hydroxylation is 1. The van der Waals surface area contributed by atoms with Gasteiger partial charge in [0.15, 0.2) is 0 Å². The number of thioether (sulfide) groups is 1. The van der Waals surface area contributed by atoms with Gasteiger partial charge in [0, 0.05) is 28.1 Å². The Morgan fingerprint density at radius 2 is 2.30 bits per heavy atom. The first-order chi connectivity index (χ1) is 9.74. The number of hydrogen-bond acceptors (Lipinski definition) is 2. The highest BCUT2D eigenvalue weighted by Crippen LogP contribution is 2.40. The number of alkyl halides is 1. The number of imidazole rings is 1. The molecule has 1 aliphatic carbocycles. The highest BCUT2D eigenvalue weighted by Gasteiger charge is 2.30. The lowest BCUT2D eigenvalue weighted by molar-refractivity contribution is 0.522. The van der Waals surface area contributed by atoms with Crippen LogP contribution in [-0.4, -0.2) is 26.9 Å². The van der Waals surface area contributed by atoms with Crippen LogP contribution in [0.5, 0.6) is 0 Å². The summed E-state index contributed by atoms with van der Waals surface area (Å²) in [6, 6.07) is 6.90. The van der Waals surface area contributed by atoms with Gasteiger partial charge in [-0.2, -0.15) is 11.8 Å². The maximum atomic E-state index is 5.98. The molecule has 0 saturated heterocycles. The van der Waals surface area contributed by atoms with E-state index in [0.29, 0.717) is 17.2 Å². The van der Waals surface area contributed by atoms with Crippen LogP contribution in [0, 0.1) is 0 Å². The number of benzene rings is 1. The highest BCUT2D eigenvalue weighted by atomic mass is 79.9. The molecule has 1 aromatic heterocycles. The van der Waals surface area contributed by atoms with Crippen molar-refractivity contribution in [3.63, 3.8) is 0 Å². The third kappa shape index (κ3) is 2.62. The maximum Gasteiger partial charge on any atom is 0.111 e. The van der Waals surface area contributed by atoms with Crippen LogP contribution in [0.1, 0.15) is 31.1 Å². The van der Waals surface area contributed by atoms with Gasteiger partial charge in [-0.15, -0.1) is 11.6 Å². The van der Waals surface area contributed by atoms with Crippen molar-refractivity contribution in [3.05, 3.63) is 28.5 Å². The molecule has 1 aliphatic rings. The molecule has 2 atom stereocenters. The number of hydrogen-bond donors (Lipinski definition) is 0. The Kier molecular flexibility index (Phi) is 4.63. The van der Waals surface area contributed by atoms with Crippen LogP contribution >= 0.6 is 39.3 Å². The highest BCUT2D eigenvalue weighted by molar-refractivity contribution is 9.10. The van der Waals surface area contributed by atoms with Gasteiger partial charge in [-0.1, -0.05) is 22.4 Å². The minimum Gasteiger partial charge on any atom is -0.324 e. The predicted molar refractivity (Wildman–Crippen MR) is 92.0 cm³/mol. The van der Waals surface area contributed by atoms with E-state index in [1.54, 1.807) is 0 Å². The molecule has 0 radical (unpaired) electrons. The summed E-state index contributed by atoms with van der Waals surface area (Å²) in [6.45, 7) is 0. The van der Waals surface area contributed by atoms with E-state index < -0.39 is 0 Å². The van der Waals surface area contributed by atoms with Crippen molar-refractivity contribution in [2.45, 2.75) is 37.0 Å². The van der Waals surface area contributed by atoms with Gasteiger partial charge in [0.2, 0.25) is 0 Å². The summed E-state index contributed by atoms with van der Waals surface area (Å²) >= 11 is 11.5. The molecular weight excluding hydrogens is 356 g/mol. The number of halogens is 2. The molecule has 108 valence electrons. The summed E-state index contributed by atoms with van der Waals surface area (Å²) in [5.41, 5.74) is 2.32. The summed E-state index contributed by atoms with van der Waals surface area (Å²) in [6.07, 6.45) is 6.92. The third-order valence-corrected chi connectivity index (χ3v) is 5.93. The molecule has 5 heteroatoms. The van der Waals surface area contributed by atoms with E-state index in [1.807, 2.05) is 11.8 Å². The fourth-order valence-corrected chi connectivity index (χ4v) is 4.72. The van der Waals surface area contributed by atoms with Crippen LogP contribution in [0.15, 0.2) is 22.7 Å². The summed E-state index contributed by atoms with van der Waals surface area (Å²) < 4.78 is 3.57. The Labute approximate surface area is 137 Å². The average Bonchev–Trinajstić information content (AvgIpc) is 3.02. The number of aromatic nitrogens is 2. The Morgan fingerprint density at radius 1 is 1.45 bits per heavy atom. The first kappa shape index (κ1) is 14.7. The van der Waals surface area contributed by atoms with E-state index in [4.69, 9.17) is 16.6 Å². The maximum absolute atomic E-state index is 5.98. The Balaban J connectivity index is 2.14. The van der Waals surface area contributed by atoms with Crippen LogP contribution < -0.4 is 0 Å². The number of fused-ring (bicyclic) bond motifs is 1. The minimum atomic E-state index is 0.558. The molecule has 2 aromatic rings. The van der Waals surface area contributed by atoms with E-state index >= 15 is 0 Å². The molecule has 1 aromatic carbocycles. The molecular formula is C15H18BrClN2S. The molecule has 0 aliphatic heterocycles. The molecule has 2 unspecified atom stereocenters. The summed E-state index contributed by atoms with van der Waals surface area (Å²) in [5.74, 6) is 1.76. The second-order valence-electron chi connectivity index (χ2n) is 5.24. The van der Waals surface area contributed by atoms with Crippen molar-refractivity contribution in [3.8, 4) is 0 Å². The van der Waals surface area contributed by atoms with Crippen LogP contribution in [0.4, 0.5) is 0 Å². The quantitative estimate of drug-likeness (QED) is 0.699. The number of nitrogens with zero attached hydrogens (tertiary/aromatic N) is 2. The summed E-state index contributed by atoms with van der Waals surface area (Å²) in [4.78, 5) is 4.81. The minimum absolute atomic E-state index is 0.558. The fraction of sp³-hybridized carbons (Fsp3) is 0.533. The second-order valence-corrected chi connectivity index (χ2v) is 7.61. The van der Waals surface area contributed by atoms with Crippen LogP contribution in [0.25, 0.3) is 11.0 Å². The van der Waals surface area contributed by atoms with E-state index in [1.165, 1.54) is 24.8 Å². The zero-order valence-electron chi connectivity index (χ0n) is 11.5. The first-order valence-corrected chi connectivity index (χ1v) is 9.61. The van der Waals surface area contributed by atoms with Gasteiger partial charge >= 0.3 is 0 Å². The zero-order valence-corrected chi connectivity index (χ0v) is 14.6. The average molecular weight is 374 g/mol. The second kappa shape index (κ2) is 6.29. The lowest BCUT2D eigenvalue weighted by Gasteiger charge is -2.22. The predicted octanol–water partition coefficient (Wildman–Crippen LogP) is 5.04. The van der Waals surface area contributed by atoms with Gasteiger partial charge in [-0.05, 0) is 37.3 Å². The standard InChI is InChI=1S/C15H18BrClN2S/c1-20-14-4-2-3-12(14)19-13-9-10(16)5-6-11(13)18-15(19)7-8-17/h5-6,9,12,14H,2-4,7-8H2,1H3. The molecule has 0 amide bonds. The fourth-order valence-electron chi connectivity index (χ4n) is 3.22. The van der Waals surface area contributed by atoms with Gasteiger partial charge in [0.25, 0.3) is 0 Å². The van der Waals surface area contributed by atoms with Crippen LogP contribution in [0.3, 0.4) is 0 Å². The third-order valence-electron chi connectivity index (χ3n) is 4.09. The van der Waals surface area contributed by atoms with Gasteiger partial charge < -0.3 is 4.57 Å². The Morgan fingerprint density at radius 3 is 3.05 bits per heavy atom.